The summed E-state index contributed by atoms with van der Waals surface area (Å²) in [5.41, 5.74) is 0.992. The lowest BCUT2D eigenvalue weighted by molar-refractivity contribution is 0.338. The van der Waals surface area contributed by atoms with E-state index in [0.717, 1.165) is 16.0 Å². The molecule has 0 spiro atoms. The van der Waals surface area contributed by atoms with Crippen LogP contribution in [0, 0.1) is 0 Å². The van der Waals surface area contributed by atoms with E-state index in [1.165, 1.54) is 0 Å². The maximum absolute atomic E-state index is 5.86. The van der Waals surface area contributed by atoms with Gasteiger partial charge in [-0.05, 0) is 17.7 Å². The van der Waals surface area contributed by atoms with Crippen LogP contribution in [0.15, 0.2) is 18.2 Å². The highest BCUT2D eigenvalue weighted by Crippen LogP contribution is 2.21. The molecule has 0 bridgehead atoms. The van der Waals surface area contributed by atoms with E-state index in [0.29, 0.717) is 16.7 Å². The molecule has 1 aromatic carbocycles. The Labute approximate surface area is 78.8 Å². The molecule has 1 nitrogen and oxygen atoms in total. The van der Waals surface area contributed by atoms with Crippen LogP contribution in [0.25, 0.3) is 0 Å². The Bertz CT molecular complexity index is 252. The smallest absolute Gasteiger partial charge is 0.146 e. The van der Waals surface area contributed by atoms with E-state index < -0.39 is 0 Å². The summed E-state index contributed by atoms with van der Waals surface area (Å²) >= 11 is 11.6. The Hall–Kier alpha value is -0.0231. The Morgan fingerprint density at radius 3 is 2.64 bits per heavy atom. The van der Waals surface area contributed by atoms with Crippen LogP contribution in [0.2, 0.25) is 10.0 Å². The van der Waals surface area contributed by atoms with Crippen molar-refractivity contribution in [1.82, 2.24) is 0 Å². The molecule has 0 aromatic heterocycles. The Kier molecular flexibility index (Phi) is 3.39. The second-order valence-electron chi connectivity index (χ2n) is 2.17. The van der Waals surface area contributed by atoms with Crippen molar-refractivity contribution in [3.8, 4) is 0 Å². The minimum atomic E-state index is 0.586. The number of benzene rings is 1. The van der Waals surface area contributed by atoms with E-state index in [1.807, 2.05) is 12.1 Å². The molecule has 0 aliphatic rings. The number of halogens is 2. The first-order valence-electron chi connectivity index (χ1n) is 3.17. The normalized spacial score (nSPS) is 10.4. The largest absolute Gasteiger partial charge is 0.424 e. The van der Waals surface area contributed by atoms with Gasteiger partial charge >= 0.3 is 0 Å². The highest BCUT2D eigenvalue weighted by atomic mass is 35.5. The van der Waals surface area contributed by atoms with Crippen molar-refractivity contribution in [2.45, 2.75) is 6.61 Å². The summed E-state index contributed by atoms with van der Waals surface area (Å²) < 4.78 is 5.06. The fourth-order valence-electron chi connectivity index (χ4n) is 0.794. The van der Waals surface area contributed by atoms with Gasteiger partial charge in [0.25, 0.3) is 0 Å². The third kappa shape index (κ3) is 2.49. The van der Waals surface area contributed by atoms with Crippen LogP contribution in [-0.2, 0) is 11.0 Å². The summed E-state index contributed by atoms with van der Waals surface area (Å²) in [5, 5.41) is 1.33. The molecule has 11 heavy (non-hydrogen) atoms. The first-order chi connectivity index (χ1) is 5.24. The summed E-state index contributed by atoms with van der Waals surface area (Å²) in [6.45, 7) is 0.586. The van der Waals surface area contributed by atoms with Gasteiger partial charge in [0.15, 0.2) is 0 Å². The van der Waals surface area contributed by atoms with Crippen molar-refractivity contribution in [2.75, 3.05) is 0 Å². The highest BCUT2D eigenvalue weighted by molar-refractivity contribution is 6.35. The van der Waals surface area contributed by atoms with Crippen LogP contribution in [0.1, 0.15) is 5.56 Å². The van der Waals surface area contributed by atoms with E-state index in [4.69, 9.17) is 27.6 Å². The van der Waals surface area contributed by atoms with Gasteiger partial charge in [-0.1, -0.05) is 29.3 Å². The fraction of sp³-hybridized carbons (Fsp3) is 0.143. The van der Waals surface area contributed by atoms with Gasteiger partial charge in [-0.2, -0.15) is 0 Å². The van der Waals surface area contributed by atoms with Crippen LogP contribution in [0.3, 0.4) is 0 Å². The third-order valence-corrected chi connectivity index (χ3v) is 2.19. The van der Waals surface area contributed by atoms with E-state index in [-0.39, 0.29) is 0 Å². The molecule has 0 unspecified atom stereocenters. The van der Waals surface area contributed by atoms with Crippen LogP contribution < -0.4 is 0 Å². The zero-order valence-electron chi connectivity index (χ0n) is 6.10. The molecule has 1 aromatic rings. The molecule has 0 heterocycles. The second kappa shape index (κ2) is 4.12. The molecule has 0 aliphatic heterocycles. The summed E-state index contributed by atoms with van der Waals surface area (Å²) in [7, 11) is 0.728. The van der Waals surface area contributed by atoms with Crippen LogP contribution in [-0.4, -0.2) is 10.5 Å². The number of rotatable bonds is 2. The predicted octanol–water partition coefficient (Wildman–Crippen LogP) is 1.79. The van der Waals surface area contributed by atoms with Gasteiger partial charge in [0.2, 0.25) is 0 Å². The van der Waals surface area contributed by atoms with Crippen molar-refractivity contribution in [2.24, 2.45) is 0 Å². The first-order valence-corrected chi connectivity index (χ1v) is 4.74. The molecule has 4 heteroatoms. The van der Waals surface area contributed by atoms with Gasteiger partial charge in [-0.15, -0.1) is 0 Å². The lowest BCUT2D eigenvalue weighted by atomic mass is 10.2. The zero-order chi connectivity index (χ0) is 8.27. The molecule has 1 rings (SSSR count). The quantitative estimate of drug-likeness (QED) is 0.672. The summed E-state index contributed by atoms with van der Waals surface area (Å²) in [6.07, 6.45) is 0. The second-order valence-corrected chi connectivity index (χ2v) is 3.59. The average Bonchev–Trinajstić information content (AvgIpc) is 1.95. The van der Waals surface area contributed by atoms with Gasteiger partial charge in [0.1, 0.15) is 10.5 Å². The summed E-state index contributed by atoms with van der Waals surface area (Å²) in [6, 6.07) is 5.41. The minimum absolute atomic E-state index is 0.586. The topological polar surface area (TPSA) is 9.23 Å². The molecule has 0 aliphatic carbocycles. The predicted molar refractivity (Wildman–Crippen MR) is 51.2 cm³/mol. The van der Waals surface area contributed by atoms with Gasteiger partial charge in [0.05, 0.1) is 6.61 Å². The van der Waals surface area contributed by atoms with Gasteiger partial charge in [-0.3, -0.25) is 0 Å². The molecular weight excluding hydrogens is 199 g/mol. The van der Waals surface area contributed by atoms with E-state index in [1.54, 1.807) is 6.07 Å². The molecule has 0 saturated heterocycles. The fourth-order valence-corrected chi connectivity index (χ4v) is 1.57. The van der Waals surface area contributed by atoms with Crippen molar-refractivity contribution < 1.29 is 4.43 Å². The van der Waals surface area contributed by atoms with Gasteiger partial charge in [0, 0.05) is 10.0 Å². The molecule has 0 fully saturated rings. The Morgan fingerprint density at radius 2 is 2.09 bits per heavy atom. The van der Waals surface area contributed by atoms with E-state index in [2.05, 4.69) is 0 Å². The summed E-state index contributed by atoms with van der Waals surface area (Å²) in [5.74, 6) is 0. The van der Waals surface area contributed by atoms with Crippen LogP contribution in [0.5, 0.6) is 0 Å². The van der Waals surface area contributed by atoms with Gasteiger partial charge < -0.3 is 4.43 Å². The Morgan fingerprint density at radius 1 is 1.36 bits per heavy atom. The lowest BCUT2D eigenvalue weighted by Crippen LogP contribution is -1.88. The monoisotopic (exact) mass is 206 g/mol. The zero-order valence-corrected chi connectivity index (χ0v) is 9.62. The lowest BCUT2D eigenvalue weighted by Gasteiger charge is -2.02. The Balaban J connectivity index is 2.90. The molecular formula is C7H8Cl2OSi. The van der Waals surface area contributed by atoms with Crippen molar-refractivity contribution >= 4 is 33.7 Å². The molecule has 0 saturated carbocycles. The van der Waals surface area contributed by atoms with Gasteiger partial charge in [-0.25, -0.2) is 0 Å². The maximum atomic E-state index is 5.86. The minimum Gasteiger partial charge on any atom is -0.424 e. The van der Waals surface area contributed by atoms with Crippen molar-refractivity contribution in [1.29, 1.82) is 0 Å². The number of hydrogen-bond donors (Lipinski definition) is 0. The average molecular weight is 207 g/mol. The van der Waals surface area contributed by atoms with Crippen molar-refractivity contribution in [3.05, 3.63) is 33.8 Å². The van der Waals surface area contributed by atoms with Crippen molar-refractivity contribution in [3.63, 3.8) is 0 Å². The molecule has 60 valence electrons. The van der Waals surface area contributed by atoms with E-state index in [9.17, 15) is 0 Å². The SMILES string of the molecule is [SiH3]OCc1ccc(Cl)cc1Cl. The summed E-state index contributed by atoms with van der Waals surface area (Å²) in [4.78, 5) is 0. The molecule has 0 atom stereocenters. The van der Waals surface area contributed by atoms with E-state index >= 15 is 0 Å². The third-order valence-electron chi connectivity index (χ3n) is 1.31. The highest BCUT2D eigenvalue weighted by Gasteiger charge is 1.98. The standard InChI is InChI=1S/C7H8Cl2OSi/c8-6-2-1-5(4-10-11)7(9)3-6/h1-3H,4H2,11H3. The first kappa shape index (κ1) is 9.07. The molecule has 0 amide bonds. The maximum Gasteiger partial charge on any atom is 0.146 e. The van der Waals surface area contributed by atoms with Crippen LogP contribution in [0.4, 0.5) is 0 Å². The molecule has 0 N–H and O–H groups in total. The van der Waals surface area contributed by atoms with Crippen LogP contribution >= 0.6 is 23.2 Å². The number of hydrogen-bond acceptors (Lipinski definition) is 1. The molecule has 0 radical (unpaired) electrons.